The van der Waals surface area contributed by atoms with Gasteiger partial charge in [0.1, 0.15) is 5.75 Å². The molecule has 0 aromatic heterocycles. The normalized spacial score (nSPS) is 11.5. The second-order valence-corrected chi connectivity index (χ2v) is 5.09. The van der Waals surface area contributed by atoms with E-state index in [1.807, 2.05) is 30.3 Å². The van der Waals surface area contributed by atoms with E-state index >= 15 is 0 Å². The van der Waals surface area contributed by atoms with Gasteiger partial charge in [0.15, 0.2) is 11.9 Å². The van der Waals surface area contributed by atoms with Gasteiger partial charge in [-0.25, -0.2) is 4.79 Å². The Hall–Kier alpha value is -2.14. The van der Waals surface area contributed by atoms with Gasteiger partial charge in [0.25, 0.3) is 0 Å². The summed E-state index contributed by atoms with van der Waals surface area (Å²) >= 11 is 3.17. The van der Waals surface area contributed by atoms with Crippen molar-refractivity contribution in [2.45, 2.75) is 6.10 Å². The Morgan fingerprint density at radius 1 is 1.09 bits per heavy atom. The van der Waals surface area contributed by atoms with Gasteiger partial charge < -0.3 is 9.47 Å². The molecule has 5 heteroatoms. The molecule has 22 heavy (non-hydrogen) atoms. The summed E-state index contributed by atoms with van der Waals surface area (Å²) < 4.78 is 10.5. The maximum Gasteiger partial charge on any atom is 0.337 e. The number of halogens is 1. The van der Waals surface area contributed by atoms with Crippen LogP contribution in [-0.4, -0.2) is 24.2 Å². The highest BCUT2D eigenvalue weighted by molar-refractivity contribution is 9.09. The van der Waals surface area contributed by atoms with Crippen molar-refractivity contribution < 1.29 is 19.1 Å². The number of rotatable bonds is 6. The maximum absolute atomic E-state index is 12.1. The number of carbonyl (C=O) groups is 2. The van der Waals surface area contributed by atoms with Crippen molar-refractivity contribution >= 4 is 27.7 Å². The summed E-state index contributed by atoms with van der Waals surface area (Å²) in [6.07, 6.45) is -0.728. The zero-order valence-corrected chi connectivity index (χ0v) is 13.6. The van der Waals surface area contributed by atoms with Crippen molar-refractivity contribution in [3.8, 4) is 5.75 Å². The van der Waals surface area contributed by atoms with Gasteiger partial charge in [-0.1, -0.05) is 52.3 Å². The van der Waals surface area contributed by atoms with Gasteiger partial charge >= 0.3 is 5.97 Å². The van der Waals surface area contributed by atoms with Crippen LogP contribution in [0.4, 0.5) is 0 Å². The predicted molar refractivity (Wildman–Crippen MR) is 86.4 cm³/mol. The summed E-state index contributed by atoms with van der Waals surface area (Å²) in [6.45, 7) is 0. The number of hydrogen-bond donors (Lipinski definition) is 0. The van der Waals surface area contributed by atoms with E-state index in [-0.39, 0.29) is 11.1 Å². The van der Waals surface area contributed by atoms with Crippen LogP contribution in [-0.2, 0) is 9.53 Å². The summed E-state index contributed by atoms with van der Waals surface area (Å²) in [4.78, 5) is 23.7. The largest absolute Gasteiger partial charge is 0.478 e. The second-order valence-electron chi connectivity index (χ2n) is 4.53. The first-order chi connectivity index (χ1) is 10.7. The molecule has 0 amide bonds. The first-order valence-corrected chi connectivity index (χ1v) is 7.76. The van der Waals surface area contributed by atoms with E-state index in [0.29, 0.717) is 11.3 Å². The van der Waals surface area contributed by atoms with Crippen LogP contribution in [0.3, 0.4) is 0 Å². The van der Waals surface area contributed by atoms with E-state index in [9.17, 15) is 9.59 Å². The monoisotopic (exact) mass is 362 g/mol. The molecule has 1 atom stereocenters. The van der Waals surface area contributed by atoms with E-state index in [1.165, 1.54) is 7.11 Å². The molecule has 0 fully saturated rings. The lowest BCUT2D eigenvalue weighted by Crippen LogP contribution is -2.20. The average Bonchev–Trinajstić information content (AvgIpc) is 2.59. The molecule has 2 aromatic carbocycles. The van der Waals surface area contributed by atoms with Crippen molar-refractivity contribution in [3.63, 3.8) is 0 Å². The summed E-state index contributed by atoms with van der Waals surface area (Å²) in [5.74, 6) is -0.116. The molecule has 0 saturated carbocycles. The highest BCUT2D eigenvalue weighted by Gasteiger charge is 2.21. The van der Waals surface area contributed by atoms with Crippen LogP contribution < -0.4 is 4.74 Å². The van der Waals surface area contributed by atoms with Gasteiger partial charge in [-0.15, -0.1) is 0 Å². The summed E-state index contributed by atoms with van der Waals surface area (Å²) in [6, 6.07) is 15.8. The molecule has 114 valence electrons. The third kappa shape index (κ3) is 3.95. The summed E-state index contributed by atoms with van der Waals surface area (Å²) in [5.41, 5.74) is 1.13. The molecule has 1 unspecified atom stereocenters. The Labute approximate surface area is 137 Å². The molecule has 0 N–H and O–H groups in total. The quantitative estimate of drug-likeness (QED) is 0.582. The number of esters is 1. The first kappa shape index (κ1) is 16.2. The van der Waals surface area contributed by atoms with Crippen LogP contribution in [0.25, 0.3) is 0 Å². The molecular formula is C17H15BrO4. The molecule has 0 heterocycles. The molecular weight excluding hydrogens is 348 g/mol. The topological polar surface area (TPSA) is 52.6 Å². The van der Waals surface area contributed by atoms with Crippen LogP contribution in [0.2, 0.25) is 0 Å². The molecule has 4 nitrogen and oxygen atoms in total. The standard InChI is InChI=1S/C17H15BrO4/c1-21-17(20)13-8-5-9-14(10-13)22-16(15(19)11-18)12-6-3-2-4-7-12/h2-10,16H,11H2,1H3. The van der Waals surface area contributed by atoms with Crippen molar-refractivity contribution in [3.05, 3.63) is 65.7 Å². The number of alkyl halides is 1. The second kappa shape index (κ2) is 7.75. The number of benzene rings is 2. The zero-order valence-electron chi connectivity index (χ0n) is 12.0. The summed E-state index contributed by atoms with van der Waals surface area (Å²) in [5, 5.41) is 0.184. The van der Waals surface area contributed by atoms with Crippen LogP contribution in [0, 0.1) is 0 Å². The number of methoxy groups -OCH3 is 1. The molecule has 2 rings (SSSR count). The average molecular weight is 363 g/mol. The van der Waals surface area contributed by atoms with E-state index in [4.69, 9.17) is 4.74 Å². The maximum atomic E-state index is 12.1. The molecule has 0 radical (unpaired) electrons. The van der Waals surface area contributed by atoms with Crippen LogP contribution >= 0.6 is 15.9 Å². The number of Topliss-reactive ketones (excluding diaryl/α,β-unsaturated/α-hetero) is 1. The van der Waals surface area contributed by atoms with E-state index < -0.39 is 12.1 Å². The Kier molecular flexibility index (Phi) is 5.72. The van der Waals surface area contributed by atoms with Crippen LogP contribution in [0.15, 0.2) is 54.6 Å². The third-order valence-corrected chi connectivity index (χ3v) is 3.59. The summed E-state index contributed by atoms with van der Waals surface area (Å²) in [7, 11) is 1.32. The minimum Gasteiger partial charge on any atom is -0.478 e. The molecule has 0 saturated heterocycles. The lowest BCUT2D eigenvalue weighted by Gasteiger charge is -2.18. The zero-order chi connectivity index (χ0) is 15.9. The number of hydrogen-bond acceptors (Lipinski definition) is 4. The predicted octanol–water partition coefficient (Wildman–Crippen LogP) is 3.56. The van der Waals surface area contributed by atoms with Crippen molar-refractivity contribution in [1.82, 2.24) is 0 Å². The van der Waals surface area contributed by atoms with Gasteiger partial charge in [0.05, 0.1) is 18.0 Å². The minimum atomic E-state index is -0.728. The third-order valence-electron chi connectivity index (χ3n) is 3.04. The number of ketones is 1. The Morgan fingerprint density at radius 2 is 1.82 bits per heavy atom. The van der Waals surface area contributed by atoms with Crippen LogP contribution in [0.5, 0.6) is 5.75 Å². The Morgan fingerprint density at radius 3 is 2.45 bits per heavy atom. The fourth-order valence-electron chi connectivity index (χ4n) is 1.97. The van der Waals surface area contributed by atoms with Gasteiger partial charge in [-0.2, -0.15) is 0 Å². The molecule has 0 aliphatic heterocycles. The lowest BCUT2D eigenvalue weighted by atomic mass is 10.1. The fraction of sp³-hybridized carbons (Fsp3) is 0.176. The van der Waals surface area contributed by atoms with Crippen LogP contribution in [0.1, 0.15) is 22.0 Å². The molecule has 0 aliphatic rings. The Balaban J connectivity index is 2.28. The van der Waals surface area contributed by atoms with E-state index in [0.717, 1.165) is 5.56 Å². The lowest BCUT2D eigenvalue weighted by molar-refractivity contribution is -0.123. The molecule has 2 aromatic rings. The van der Waals surface area contributed by atoms with Gasteiger partial charge in [0, 0.05) is 0 Å². The smallest absolute Gasteiger partial charge is 0.337 e. The van der Waals surface area contributed by atoms with Gasteiger partial charge in [0.2, 0.25) is 0 Å². The van der Waals surface area contributed by atoms with Crippen molar-refractivity contribution in [2.75, 3.05) is 12.4 Å². The van der Waals surface area contributed by atoms with Crippen molar-refractivity contribution in [1.29, 1.82) is 0 Å². The number of ether oxygens (including phenoxy) is 2. The highest BCUT2D eigenvalue weighted by atomic mass is 79.9. The van der Waals surface area contributed by atoms with E-state index in [1.54, 1.807) is 24.3 Å². The fourth-order valence-corrected chi connectivity index (χ4v) is 2.26. The first-order valence-electron chi connectivity index (χ1n) is 6.64. The van der Waals surface area contributed by atoms with E-state index in [2.05, 4.69) is 20.7 Å². The SMILES string of the molecule is COC(=O)c1cccc(OC(C(=O)CBr)c2ccccc2)c1. The van der Waals surface area contributed by atoms with Crippen molar-refractivity contribution in [2.24, 2.45) is 0 Å². The van der Waals surface area contributed by atoms with Gasteiger partial charge in [-0.3, -0.25) is 4.79 Å². The molecule has 0 aliphatic carbocycles. The highest BCUT2D eigenvalue weighted by Crippen LogP contribution is 2.24. The number of carbonyl (C=O) groups excluding carboxylic acids is 2. The minimum absolute atomic E-state index is 0.102. The molecule has 0 spiro atoms. The van der Waals surface area contributed by atoms with Gasteiger partial charge in [-0.05, 0) is 23.8 Å². The molecule has 0 bridgehead atoms. The Bertz CT molecular complexity index is 655.